The van der Waals surface area contributed by atoms with E-state index in [1.165, 1.54) is 24.1 Å². The molecule has 37 heavy (non-hydrogen) atoms. The Balaban J connectivity index is 1.81. The van der Waals surface area contributed by atoms with Crippen molar-refractivity contribution in [3.63, 3.8) is 0 Å². The van der Waals surface area contributed by atoms with Gasteiger partial charge in [-0.05, 0) is 63.8 Å². The van der Waals surface area contributed by atoms with E-state index in [1.54, 1.807) is 12.1 Å². The van der Waals surface area contributed by atoms with Crippen LogP contribution in [0.25, 0.3) is 11.3 Å². The summed E-state index contributed by atoms with van der Waals surface area (Å²) < 4.78 is 12.4. The number of pyridine rings is 1. The Bertz CT molecular complexity index is 1280. The number of aromatic hydroxyl groups is 1. The van der Waals surface area contributed by atoms with Gasteiger partial charge in [0.15, 0.2) is 5.78 Å². The van der Waals surface area contributed by atoms with E-state index in [9.17, 15) is 9.90 Å². The van der Waals surface area contributed by atoms with Gasteiger partial charge in [0, 0.05) is 48.6 Å². The van der Waals surface area contributed by atoms with E-state index >= 15 is 0 Å². The number of phenolic OH excluding ortho intramolecular Hbond substituents is 1. The Morgan fingerprint density at radius 3 is 2.43 bits per heavy atom. The van der Waals surface area contributed by atoms with Crippen LogP contribution in [0.3, 0.4) is 0 Å². The van der Waals surface area contributed by atoms with Gasteiger partial charge in [0.05, 0.1) is 23.5 Å². The number of ether oxygens (including phenoxy) is 2. The standard InChI is InChI=1S/C31H38N2O4/c1-7-22-10-9-11-23(8-2)30(22)27-17-29(37-24-12-13-25(21(4)34)28(35)16-24)26(20(3)32-27)18-33-14-15-36-31(5,6)19-33/h9-13,16-17,35H,7-8,14-15,18-19H2,1-6H3. The van der Waals surface area contributed by atoms with Crippen molar-refractivity contribution in [3.05, 3.63) is 70.4 Å². The molecule has 1 N–H and O–H groups in total. The van der Waals surface area contributed by atoms with Gasteiger partial charge < -0.3 is 14.6 Å². The van der Waals surface area contributed by atoms with Crippen molar-refractivity contribution in [1.82, 2.24) is 9.88 Å². The maximum absolute atomic E-state index is 11.8. The first-order chi connectivity index (χ1) is 17.6. The first-order valence-corrected chi connectivity index (χ1v) is 13.1. The molecule has 1 fully saturated rings. The van der Waals surface area contributed by atoms with E-state index < -0.39 is 0 Å². The fraction of sp³-hybridized carbons (Fsp3) is 0.419. The predicted octanol–water partition coefficient (Wildman–Crippen LogP) is 6.49. The highest BCUT2D eigenvalue weighted by atomic mass is 16.5. The predicted molar refractivity (Wildman–Crippen MR) is 147 cm³/mol. The van der Waals surface area contributed by atoms with E-state index in [0.29, 0.717) is 24.7 Å². The maximum atomic E-state index is 11.8. The van der Waals surface area contributed by atoms with Crippen molar-refractivity contribution in [2.45, 2.75) is 66.5 Å². The fourth-order valence-electron chi connectivity index (χ4n) is 5.13. The summed E-state index contributed by atoms with van der Waals surface area (Å²) in [6, 6.07) is 13.3. The molecule has 0 saturated carbocycles. The third-order valence-electron chi connectivity index (χ3n) is 7.01. The van der Waals surface area contributed by atoms with Gasteiger partial charge in [0.1, 0.15) is 17.2 Å². The number of hydrogen-bond donors (Lipinski definition) is 1. The number of ketones is 1. The van der Waals surface area contributed by atoms with Crippen LogP contribution in [-0.4, -0.2) is 46.1 Å². The minimum atomic E-state index is -0.217. The Labute approximate surface area is 220 Å². The number of aryl methyl sites for hydroxylation is 3. The molecule has 1 aliphatic heterocycles. The second kappa shape index (κ2) is 11.0. The van der Waals surface area contributed by atoms with Gasteiger partial charge in [0.2, 0.25) is 0 Å². The molecule has 4 rings (SSSR count). The van der Waals surface area contributed by atoms with Crippen molar-refractivity contribution in [2.75, 3.05) is 19.7 Å². The minimum Gasteiger partial charge on any atom is -0.507 e. The lowest BCUT2D eigenvalue weighted by Gasteiger charge is -2.38. The van der Waals surface area contributed by atoms with E-state index in [1.807, 2.05) is 13.0 Å². The van der Waals surface area contributed by atoms with Crippen LogP contribution in [0.15, 0.2) is 42.5 Å². The summed E-state index contributed by atoms with van der Waals surface area (Å²) in [5, 5.41) is 10.4. The number of nitrogens with zero attached hydrogens (tertiary/aromatic N) is 2. The monoisotopic (exact) mass is 502 g/mol. The first-order valence-electron chi connectivity index (χ1n) is 13.1. The van der Waals surface area contributed by atoms with Crippen molar-refractivity contribution >= 4 is 5.78 Å². The average molecular weight is 503 g/mol. The number of benzene rings is 2. The normalized spacial score (nSPS) is 15.5. The molecule has 6 heteroatoms. The van der Waals surface area contributed by atoms with Crippen LogP contribution in [0.1, 0.15) is 67.4 Å². The van der Waals surface area contributed by atoms with Gasteiger partial charge in [-0.15, -0.1) is 0 Å². The van der Waals surface area contributed by atoms with Gasteiger partial charge in [0.25, 0.3) is 0 Å². The van der Waals surface area contributed by atoms with E-state index in [4.69, 9.17) is 14.5 Å². The molecule has 2 aromatic carbocycles. The lowest BCUT2D eigenvalue weighted by molar-refractivity contribution is -0.0884. The molecule has 196 valence electrons. The van der Waals surface area contributed by atoms with Gasteiger partial charge in [-0.1, -0.05) is 32.0 Å². The van der Waals surface area contributed by atoms with Crippen LogP contribution in [-0.2, 0) is 24.1 Å². The van der Waals surface area contributed by atoms with Crippen molar-refractivity contribution in [2.24, 2.45) is 0 Å². The number of carbonyl (C=O) groups excluding carboxylic acids is 1. The fourth-order valence-corrected chi connectivity index (χ4v) is 5.13. The summed E-state index contributed by atoms with van der Waals surface area (Å²) in [4.78, 5) is 19.3. The molecule has 3 aromatic rings. The summed E-state index contributed by atoms with van der Waals surface area (Å²) in [6.07, 6.45) is 1.82. The largest absolute Gasteiger partial charge is 0.507 e. The van der Waals surface area contributed by atoms with Crippen molar-refractivity contribution in [3.8, 4) is 28.5 Å². The number of aromatic nitrogens is 1. The molecule has 1 aromatic heterocycles. The third kappa shape index (κ3) is 6.03. The Hall–Kier alpha value is -3.22. The Morgan fingerprint density at radius 1 is 1.14 bits per heavy atom. The number of carbonyl (C=O) groups is 1. The van der Waals surface area contributed by atoms with Crippen LogP contribution in [0.2, 0.25) is 0 Å². The minimum absolute atomic E-state index is 0.0860. The number of hydrogen-bond acceptors (Lipinski definition) is 6. The van der Waals surface area contributed by atoms with Crippen molar-refractivity contribution in [1.29, 1.82) is 0 Å². The summed E-state index contributed by atoms with van der Waals surface area (Å²) >= 11 is 0. The first kappa shape index (κ1) is 26.8. The number of rotatable bonds is 8. The number of Topliss-reactive ketones (excluding diaryl/α,β-unsaturated/α-hetero) is 1. The summed E-state index contributed by atoms with van der Waals surface area (Å²) in [5.41, 5.74) is 6.53. The zero-order valence-corrected chi connectivity index (χ0v) is 22.9. The SMILES string of the molecule is CCc1cccc(CC)c1-c1cc(Oc2ccc(C(C)=O)c(O)c2)c(CN2CCOC(C)(C)C2)c(C)n1. The van der Waals surface area contributed by atoms with Gasteiger partial charge >= 0.3 is 0 Å². The zero-order valence-electron chi connectivity index (χ0n) is 22.9. The average Bonchev–Trinajstić information content (AvgIpc) is 2.84. The lowest BCUT2D eigenvalue weighted by atomic mass is 9.94. The smallest absolute Gasteiger partial charge is 0.163 e. The van der Waals surface area contributed by atoms with E-state index in [0.717, 1.165) is 48.4 Å². The van der Waals surface area contributed by atoms with Crippen LogP contribution in [0.4, 0.5) is 0 Å². The highest BCUT2D eigenvalue weighted by Crippen LogP contribution is 2.37. The highest BCUT2D eigenvalue weighted by molar-refractivity contribution is 5.96. The van der Waals surface area contributed by atoms with E-state index in [2.05, 4.69) is 50.8 Å². The van der Waals surface area contributed by atoms with Crippen LogP contribution in [0.5, 0.6) is 17.2 Å². The third-order valence-corrected chi connectivity index (χ3v) is 7.01. The molecule has 0 radical (unpaired) electrons. The molecule has 1 saturated heterocycles. The van der Waals surface area contributed by atoms with E-state index in [-0.39, 0.29) is 22.7 Å². The second-order valence-corrected chi connectivity index (χ2v) is 10.4. The van der Waals surface area contributed by atoms with Gasteiger partial charge in [-0.3, -0.25) is 14.7 Å². The number of morpholine rings is 1. The molecule has 2 heterocycles. The van der Waals surface area contributed by atoms with Crippen LogP contribution in [0, 0.1) is 6.92 Å². The highest BCUT2D eigenvalue weighted by Gasteiger charge is 2.28. The topological polar surface area (TPSA) is 71.9 Å². The van der Waals surface area contributed by atoms with Gasteiger partial charge in [-0.25, -0.2) is 0 Å². The van der Waals surface area contributed by atoms with Crippen LogP contribution >= 0.6 is 0 Å². The molecule has 1 aliphatic rings. The number of phenols is 1. The summed E-state index contributed by atoms with van der Waals surface area (Å²) in [5.74, 6) is 0.902. The molecule has 0 bridgehead atoms. The quantitative estimate of drug-likeness (QED) is 0.355. The summed E-state index contributed by atoms with van der Waals surface area (Å²) in [6.45, 7) is 15.0. The zero-order chi connectivity index (χ0) is 26.7. The Morgan fingerprint density at radius 2 is 1.84 bits per heavy atom. The maximum Gasteiger partial charge on any atom is 0.163 e. The van der Waals surface area contributed by atoms with Crippen LogP contribution < -0.4 is 4.74 Å². The Kier molecular flexibility index (Phi) is 8.00. The molecule has 0 unspecified atom stereocenters. The second-order valence-electron chi connectivity index (χ2n) is 10.4. The molecule has 0 spiro atoms. The summed E-state index contributed by atoms with van der Waals surface area (Å²) in [7, 11) is 0. The van der Waals surface area contributed by atoms with Crippen molar-refractivity contribution < 1.29 is 19.4 Å². The lowest BCUT2D eigenvalue weighted by Crippen LogP contribution is -2.47. The molecule has 0 aliphatic carbocycles. The molecule has 0 atom stereocenters. The molecular formula is C31H38N2O4. The molecule has 0 amide bonds. The molecule has 6 nitrogen and oxygen atoms in total. The molecular weight excluding hydrogens is 464 g/mol. The van der Waals surface area contributed by atoms with Gasteiger partial charge in [-0.2, -0.15) is 0 Å².